The summed E-state index contributed by atoms with van der Waals surface area (Å²) in [5.41, 5.74) is 7.62. The Morgan fingerprint density at radius 3 is 2.56 bits per heavy atom. The van der Waals surface area contributed by atoms with Crippen LogP contribution in [0.4, 0.5) is 5.69 Å². The number of carbonyl (C=O) groups excluding carboxylic acids is 1. The van der Waals surface area contributed by atoms with Crippen LogP contribution < -0.4 is 5.32 Å². The van der Waals surface area contributed by atoms with Gasteiger partial charge in [-0.3, -0.25) is 4.79 Å². The molecule has 1 N–H and O–H groups in total. The van der Waals surface area contributed by atoms with E-state index in [2.05, 4.69) is 5.32 Å². The molecule has 2 heterocycles. The second-order valence-electron chi connectivity index (χ2n) is 6.88. The number of anilines is 1. The van der Waals surface area contributed by atoms with E-state index in [4.69, 9.17) is 4.98 Å². The van der Waals surface area contributed by atoms with Gasteiger partial charge < -0.3 is 9.72 Å². The fourth-order valence-corrected chi connectivity index (χ4v) is 3.13. The molecule has 2 aromatic heterocycles. The lowest BCUT2D eigenvalue weighted by atomic mass is 10.1. The van der Waals surface area contributed by atoms with E-state index in [0.717, 1.165) is 33.7 Å². The van der Waals surface area contributed by atoms with Gasteiger partial charge in [0.15, 0.2) is 0 Å². The number of hydrogen-bond donors (Lipinski definition) is 1. The van der Waals surface area contributed by atoms with E-state index in [-0.39, 0.29) is 5.91 Å². The molecule has 4 heteroatoms. The van der Waals surface area contributed by atoms with Gasteiger partial charge in [-0.15, -0.1) is 0 Å². The van der Waals surface area contributed by atoms with Crippen molar-refractivity contribution in [3.8, 4) is 11.3 Å². The maximum atomic E-state index is 12.6. The highest BCUT2D eigenvalue weighted by Crippen LogP contribution is 2.24. The minimum Gasteiger partial charge on any atom is -0.322 e. The lowest BCUT2D eigenvalue weighted by Gasteiger charge is -2.08. The molecule has 27 heavy (non-hydrogen) atoms. The molecule has 0 aliphatic carbocycles. The van der Waals surface area contributed by atoms with Crippen LogP contribution in [0.15, 0.2) is 67.0 Å². The van der Waals surface area contributed by atoms with Gasteiger partial charge in [-0.2, -0.15) is 0 Å². The predicted molar refractivity (Wildman–Crippen MR) is 109 cm³/mol. The van der Waals surface area contributed by atoms with Crippen LogP contribution >= 0.6 is 0 Å². The van der Waals surface area contributed by atoms with Crippen molar-refractivity contribution < 1.29 is 4.79 Å². The third-order valence-corrected chi connectivity index (χ3v) is 4.86. The number of nitrogens with one attached hydrogen (secondary N) is 1. The summed E-state index contributed by atoms with van der Waals surface area (Å²) in [5, 5.41) is 2.99. The van der Waals surface area contributed by atoms with Crippen LogP contribution in [0.5, 0.6) is 0 Å². The zero-order valence-corrected chi connectivity index (χ0v) is 15.7. The molecule has 1 amide bonds. The van der Waals surface area contributed by atoms with Crippen molar-refractivity contribution >= 4 is 17.2 Å². The molecule has 0 radical (unpaired) electrons. The summed E-state index contributed by atoms with van der Waals surface area (Å²) < 4.78 is 2.02. The number of aromatic nitrogens is 2. The quantitative estimate of drug-likeness (QED) is 0.550. The maximum absolute atomic E-state index is 12.6. The SMILES string of the molecule is Cc1ccc(C(=O)Nc2cccc(-c3cn4cccc(C)c4n3)c2)cc1C. The average Bonchev–Trinajstić information content (AvgIpc) is 3.10. The molecule has 0 spiro atoms. The van der Waals surface area contributed by atoms with E-state index < -0.39 is 0 Å². The number of pyridine rings is 1. The van der Waals surface area contributed by atoms with Crippen LogP contribution in [-0.4, -0.2) is 15.3 Å². The molecule has 2 aromatic carbocycles. The van der Waals surface area contributed by atoms with Crippen molar-refractivity contribution in [2.45, 2.75) is 20.8 Å². The molecule has 0 aliphatic rings. The topological polar surface area (TPSA) is 46.4 Å². The van der Waals surface area contributed by atoms with E-state index in [9.17, 15) is 4.79 Å². The zero-order chi connectivity index (χ0) is 19.0. The molecule has 4 aromatic rings. The molecule has 4 rings (SSSR count). The molecule has 0 fully saturated rings. The molecule has 4 nitrogen and oxygen atoms in total. The van der Waals surface area contributed by atoms with Gasteiger partial charge in [-0.1, -0.05) is 24.3 Å². The van der Waals surface area contributed by atoms with E-state index in [0.29, 0.717) is 5.56 Å². The summed E-state index contributed by atoms with van der Waals surface area (Å²) in [4.78, 5) is 17.3. The van der Waals surface area contributed by atoms with Gasteiger partial charge in [-0.25, -0.2) is 4.98 Å². The molecule has 134 valence electrons. The second kappa shape index (κ2) is 6.72. The lowest BCUT2D eigenvalue weighted by molar-refractivity contribution is 0.102. The van der Waals surface area contributed by atoms with Crippen LogP contribution in [0.3, 0.4) is 0 Å². The Hall–Kier alpha value is -3.40. The molecule has 0 aliphatic heterocycles. The van der Waals surface area contributed by atoms with Crippen LogP contribution in [0.25, 0.3) is 16.9 Å². The summed E-state index contributed by atoms with van der Waals surface area (Å²) in [5.74, 6) is -0.110. The number of benzene rings is 2. The Morgan fingerprint density at radius 2 is 1.78 bits per heavy atom. The molecular formula is C23H21N3O. The monoisotopic (exact) mass is 355 g/mol. The van der Waals surface area contributed by atoms with Crippen molar-refractivity contribution in [3.05, 3.63) is 89.2 Å². The van der Waals surface area contributed by atoms with Gasteiger partial charge in [0, 0.05) is 29.2 Å². The number of imidazole rings is 1. The number of aryl methyl sites for hydroxylation is 3. The first-order valence-electron chi connectivity index (χ1n) is 8.94. The van der Waals surface area contributed by atoms with Gasteiger partial charge in [0.2, 0.25) is 0 Å². The third kappa shape index (κ3) is 3.34. The van der Waals surface area contributed by atoms with Gasteiger partial charge in [-0.05, 0) is 67.8 Å². The highest BCUT2D eigenvalue weighted by atomic mass is 16.1. The summed E-state index contributed by atoms with van der Waals surface area (Å²) in [6.07, 6.45) is 4.00. The maximum Gasteiger partial charge on any atom is 0.255 e. The minimum atomic E-state index is -0.110. The molecular weight excluding hydrogens is 334 g/mol. The fourth-order valence-electron chi connectivity index (χ4n) is 3.13. The van der Waals surface area contributed by atoms with Crippen LogP contribution in [-0.2, 0) is 0 Å². The predicted octanol–water partition coefficient (Wildman–Crippen LogP) is 5.18. The molecule has 0 unspecified atom stereocenters. The fraction of sp³-hybridized carbons (Fsp3) is 0.130. The number of amides is 1. The number of hydrogen-bond acceptors (Lipinski definition) is 2. The largest absolute Gasteiger partial charge is 0.322 e. The Kier molecular flexibility index (Phi) is 4.24. The van der Waals surface area contributed by atoms with Crippen molar-refractivity contribution in [2.75, 3.05) is 5.32 Å². The molecule has 0 bridgehead atoms. The smallest absolute Gasteiger partial charge is 0.255 e. The van der Waals surface area contributed by atoms with Crippen LogP contribution in [0.1, 0.15) is 27.0 Å². The van der Waals surface area contributed by atoms with Gasteiger partial charge in [0.05, 0.1) is 5.69 Å². The standard InChI is InChI=1S/C23H21N3O/c1-15-9-10-19(12-17(15)3)23(27)24-20-8-4-7-18(13-20)21-14-26-11-5-6-16(2)22(26)25-21/h4-14H,1-3H3,(H,24,27). The Balaban J connectivity index is 1.62. The number of rotatable bonds is 3. The van der Waals surface area contributed by atoms with Gasteiger partial charge in [0.25, 0.3) is 5.91 Å². The minimum absolute atomic E-state index is 0.110. The van der Waals surface area contributed by atoms with E-state index >= 15 is 0 Å². The number of nitrogens with zero attached hydrogens (tertiary/aromatic N) is 2. The van der Waals surface area contributed by atoms with E-state index in [1.54, 1.807) is 0 Å². The van der Waals surface area contributed by atoms with Crippen molar-refractivity contribution in [2.24, 2.45) is 0 Å². The summed E-state index contributed by atoms with van der Waals surface area (Å²) >= 11 is 0. The molecule has 0 saturated carbocycles. The molecule has 0 saturated heterocycles. The van der Waals surface area contributed by atoms with E-state index in [1.807, 2.05) is 92.2 Å². The molecule has 0 atom stereocenters. The van der Waals surface area contributed by atoms with Crippen LogP contribution in [0, 0.1) is 20.8 Å². The normalized spacial score (nSPS) is 10.9. The zero-order valence-electron chi connectivity index (χ0n) is 15.7. The highest BCUT2D eigenvalue weighted by molar-refractivity contribution is 6.04. The lowest BCUT2D eigenvalue weighted by Crippen LogP contribution is -2.12. The highest BCUT2D eigenvalue weighted by Gasteiger charge is 2.10. The van der Waals surface area contributed by atoms with Gasteiger partial charge >= 0.3 is 0 Å². The van der Waals surface area contributed by atoms with Gasteiger partial charge in [0.1, 0.15) is 5.65 Å². The van der Waals surface area contributed by atoms with Crippen molar-refractivity contribution in [1.29, 1.82) is 0 Å². The summed E-state index contributed by atoms with van der Waals surface area (Å²) in [6.45, 7) is 6.10. The first kappa shape index (κ1) is 17.0. The van der Waals surface area contributed by atoms with Crippen molar-refractivity contribution in [3.63, 3.8) is 0 Å². The Bertz CT molecular complexity index is 1160. The van der Waals surface area contributed by atoms with Crippen LogP contribution in [0.2, 0.25) is 0 Å². The first-order valence-corrected chi connectivity index (χ1v) is 8.94. The van der Waals surface area contributed by atoms with E-state index in [1.165, 1.54) is 5.56 Å². The number of carbonyl (C=O) groups is 1. The first-order chi connectivity index (χ1) is 13.0. The second-order valence-corrected chi connectivity index (χ2v) is 6.88. The average molecular weight is 355 g/mol. The third-order valence-electron chi connectivity index (χ3n) is 4.86. The van der Waals surface area contributed by atoms with Crippen molar-refractivity contribution in [1.82, 2.24) is 9.38 Å². The Labute approximate surface area is 158 Å². The Morgan fingerprint density at radius 1 is 0.926 bits per heavy atom. The summed E-state index contributed by atoms with van der Waals surface area (Å²) in [7, 11) is 0. The summed E-state index contributed by atoms with van der Waals surface area (Å²) in [6, 6.07) is 17.6. The number of fused-ring (bicyclic) bond motifs is 1.